The zero-order valence-electron chi connectivity index (χ0n) is 14.9. The van der Waals surface area contributed by atoms with Crippen LogP contribution in [0.5, 0.6) is 0 Å². The van der Waals surface area contributed by atoms with Gasteiger partial charge in [0.1, 0.15) is 19.6 Å². The van der Waals surface area contributed by atoms with Crippen LogP contribution in [0.15, 0.2) is 12.2 Å². The second-order valence-electron chi connectivity index (χ2n) is 6.33. The number of carbonyl (C=O) groups excluding carboxylic acids is 3. The van der Waals surface area contributed by atoms with Gasteiger partial charge in [-0.3, -0.25) is 4.79 Å². The molecule has 0 atom stereocenters. The van der Waals surface area contributed by atoms with E-state index < -0.39 is 55.5 Å². The first-order valence-electron chi connectivity index (χ1n) is 8.43. The average Bonchev–Trinajstić information content (AvgIpc) is 2.57. The lowest BCUT2D eigenvalue weighted by Gasteiger charge is -2.25. The highest BCUT2D eigenvalue weighted by Gasteiger charge is 2.53. The van der Waals surface area contributed by atoms with Crippen molar-refractivity contribution in [1.29, 1.82) is 0 Å². The van der Waals surface area contributed by atoms with Gasteiger partial charge < -0.3 is 14.2 Å². The fourth-order valence-corrected chi connectivity index (χ4v) is 2.43. The van der Waals surface area contributed by atoms with Crippen LogP contribution >= 0.6 is 0 Å². The minimum absolute atomic E-state index is 0.0473. The largest absolute Gasteiger partial charge is 0.459 e. The number of rotatable bonds is 9. The summed E-state index contributed by atoms with van der Waals surface area (Å²) >= 11 is 0. The van der Waals surface area contributed by atoms with Gasteiger partial charge in [0.25, 0.3) is 0 Å². The molecule has 0 unspecified atom stereocenters. The van der Waals surface area contributed by atoms with Crippen molar-refractivity contribution in [3.05, 3.63) is 12.2 Å². The van der Waals surface area contributed by atoms with Gasteiger partial charge in [0.05, 0.1) is 5.92 Å². The van der Waals surface area contributed by atoms with Gasteiger partial charge in [0, 0.05) is 5.57 Å². The Morgan fingerprint density at radius 2 is 1.56 bits per heavy atom. The Hall–Kier alpha value is -2.13. The Labute approximate surface area is 153 Å². The molecule has 0 N–H and O–H groups in total. The van der Waals surface area contributed by atoms with Crippen LogP contribution in [0.4, 0.5) is 17.6 Å². The summed E-state index contributed by atoms with van der Waals surface area (Å²) in [6.45, 7) is 3.33. The fraction of sp³-hybridized carbons (Fsp3) is 0.706. The third-order valence-electron chi connectivity index (χ3n) is 3.81. The van der Waals surface area contributed by atoms with Gasteiger partial charge in [-0.05, 0) is 19.8 Å². The molecule has 154 valence electrons. The molecular formula is C17H22F4O6. The van der Waals surface area contributed by atoms with Gasteiger partial charge in [0.15, 0.2) is 0 Å². The van der Waals surface area contributed by atoms with Gasteiger partial charge in [0.2, 0.25) is 0 Å². The van der Waals surface area contributed by atoms with Crippen molar-refractivity contribution in [3.63, 3.8) is 0 Å². The Balaban J connectivity index is 2.47. The molecule has 1 aliphatic rings. The molecule has 1 saturated carbocycles. The monoisotopic (exact) mass is 398 g/mol. The van der Waals surface area contributed by atoms with E-state index >= 15 is 0 Å². The maximum atomic E-state index is 13.7. The van der Waals surface area contributed by atoms with Crippen molar-refractivity contribution in [2.45, 2.75) is 57.5 Å². The highest BCUT2D eigenvalue weighted by atomic mass is 19.3. The number of carbonyl (C=O) groups is 3. The average molecular weight is 398 g/mol. The standard InChI is InChI=1S/C17H22F4O6/c1-11(2)13(22)25-8-9-26-15(24)16(18,19)10-17(20,21)27-14(23)12-6-4-3-5-7-12/h12H,1,3-10H2,2H3. The minimum Gasteiger partial charge on any atom is -0.459 e. The number of esters is 3. The maximum Gasteiger partial charge on any atom is 0.406 e. The van der Waals surface area contributed by atoms with Crippen LogP contribution in [0.1, 0.15) is 45.4 Å². The SMILES string of the molecule is C=C(C)C(=O)OCCOC(=O)C(F)(F)CC(F)(F)OC(=O)C1CCCCC1. The lowest BCUT2D eigenvalue weighted by atomic mass is 9.89. The second kappa shape index (κ2) is 9.70. The molecule has 0 bridgehead atoms. The Morgan fingerprint density at radius 1 is 1.00 bits per heavy atom. The Morgan fingerprint density at radius 3 is 2.11 bits per heavy atom. The van der Waals surface area contributed by atoms with E-state index in [9.17, 15) is 31.9 Å². The van der Waals surface area contributed by atoms with Crippen LogP contribution in [0.2, 0.25) is 0 Å². The van der Waals surface area contributed by atoms with Crippen LogP contribution < -0.4 is 0 Å². The van der Waals surface area contributed by atoms with Crippen LogP contribution in [0.25, 0.3) is 0 Å². The quantitative estimate of drug-likeness (QED) is 0.195. The van der Waals surface area contributed by atoms with Crippen LogP contribution in [-0.4, -0.2) is 43.2 Å². The first-order chi connectivity index (χ1) is 12.4. The molecule has 0 aromatic rings. The maximum absolute atomic E-state index is 13.7. The molecule has 1 fully saturated rings. The summed E-state index contributed by atoms with van der Waals surface area (Å²) in [6, 6.07) is 0. The molecule has 0 saturated heterocycles. The van der Waals surface area contributed by atoms with Gasteiger partial charge >= 0.3 is 29.9 Å². The summed E-state index contributed by atoms with van der Waals surface area (Å²) in [6.07, 6.45) is -3.93. The Kier molecular flexibility index (Phi) is 8.23. The molecule has 6 nitrogen and oxygen atoms in total. The van der Waals surface area contributed by atoms with Crippen LogP contribution in [0, 0.1) is 5.92 Å². The van der Waals surface area contributed by atoms with Crippen molar-refractivity contribution in [1.82, 2.24) is 0 Å². The van der Waals surface area contributed by atoms with Crippen molar-refractivity contribution in [3.8, 4) is 0 Å². The highest BCUT2D eigenvalue weighted by Crippen LogP contribution is 2.34. The molecule has 0 aromatic heterocycles. The third-order valence-corrected chi connectivity index (χ3v) is 3.81. The second-order valence-corrected chi connectivity index (χ2v) is 6.33. The summed E-state index contributed by atoms with van der Waals surface area (Å²) in [5, 5.41) is 0. The van der Waals surface area contributed by atoms with E-state index in [1.807, 2.05) is 0 Å². The van der Waals surface area contributed by atoms with Gasteiger partial charge in [-0.2, -0.15) is 17.6 Å². The van der Waals surface area contributed by atoms with Crippen molar-refractivity contribution in [2.24, 2.45) is 5.92 Å². The van der Waals surface area contributed by atoms with Crippen LogP contribution in [0.3, 0.4) is 0 Å². The summed E-state index contributed by atoms with van der Waals surface area (Å²) in [7, 11) is 0. The van der Waals surface area contributed by atoms with E-state index in [0.29, 0.717) is 25.7 Å². The van der Waals surface area contributed by atoms with Crippen LogP contribution in [-0.2, 0) is 28.6 Å². The fourth-order valence-electron chi connectivity index (χ4n) is 2.43. The van der Waals surface area contributed by atoms with Crippen molar-refractivity contribution >= 4 is 17.9 Å². The zero-order chi connectivity index (χ0) is 20.7. The first kappa shape index (κ1) is 22.9. The predicted octanol–water partition coefficient (Wildman–Crippen LogP) is 3.39. The zero-order valence-corrected chi connectivity index (χ0v) is 14.9. The van der Waals surface area contributed by atoms with E-state index in [1.54, 1.807) is 0 Å². The number of ether oxygens (including phenoxy) is 3. The van der Waals surface area contributed by atoms with Gasteiger partial charge in [-0.1, -0.05) is 25.8 Å². The molecule has 0 aliphatic heterocycles. The normalized spacial score (nSPS) is 15.7. The third kappa shape index (κ3) is 7.96. The summed E-state index contributed by atoms with van der Waals surface area (Å²) in [5.74, 6) is -9.65. The summed E-state index contributed by atoms with van der Waals surface area (Å²) in [5.41, 5.74) is 0.0473. The van der Waals surface area contributed by atoms with Gasteiger partial charge in [-0.15, -0.1) is 0 Å². The van der Waals surface area contributed by atoms with E-state index in [1.165, 1.54) is 6.92 Å². The number of alkyl halides is 4. The molecule has 0 spiro atoms. The minimum atomic E-state index is -4.59. The molecule has 0 radical (unpaired) electrons. The van der Waals surface area contributed by atoms with Crippen molar-refractivity contribution < 1.29 is 46.2 Å². The lowest BCUT2D eigenvalue weighted by molar-refractivity contribution is -0.263. The number of hydrogen-bond acceptors (Lipinski definition) is 6. The lowest BCUT2D eigenvalue weighted by Crippen LogP contribution is -2.41. The van der Waals surface area contributed by atoms with Crippen molar-refractivity contribution in [2.75, 3.05) is 13.2 Å². The molecule has 0 aromatic carbocycles. The summed E-state index contributed by atoms with van der Waals surface area (Å²) < 4.78 is 67.2. The number of halogens is 4. The van der Waals surface area contributed by atoms with Gasteiger partial charge in [-0.25, -0.2) is 9.59 Å². The summed E-state index contributed by atoms with van der Waals surface area (Å²) in [4.78, 5) is 34.0. The van der Waals surface area contributed by atoms with E-state index in [4.69, 9.17) is 0 Å². The van der Waals surface area contributed by atoms with E-state index in [2.05, 4.69) is 20.8 Å². The molecule has 27 heavy (non-hydrogen) atoms. The Bertz CT molecular complexity index is 570. The number of hydrogen-bond donors (Lipinski definition) is 0. The highest BCUT2D eigenvalue weighted by molar-refractivity contribution is 5.86. The molecule has 0 amide bonds. The molecule has 10 heteroatoms. The van der Waals surface area contributed by atoms with E-state index in [-0.39, 0.29) is 5.57 Å². The first-order valence-corrected chi connectivity index (χ1v) is 8.43. The van der Waals surface area contributed by atoms with E-state index in [0.717, 1.165) is 6.42 Å². The molecule has 0 heterocycles. The topological polar surface area (TPSA) is 78.9 Å². The molecule has 1 rings (SSSR count). The molecule has 1 aliphatic carbocycles. The smallest absolute Gasteiger partial charge is 0.406 e. The predicted molar refractivity (Wildman–Crippen MR) is 83.9 cm³/mol. The molecular weight excluding hydrogens is 376 g/mol.